The normalized spacial score (nSPS) is 15.5. The number of fused-ring (bicyclic) bond motifs is 1. The maximum atomic E-state index is 10.6. The Kier molecular flexibility index (Phi) is 4.77. The third-order valence-corrected chi connectivity index (χ3v) is 4.68. The zero-order valence-electron chi connectivity index (χ0n) is 13.0. The lowest BCUT2D eigenvalue weighted by molar-refractivity contribution is -0.384. The maximum Gasteiger partial charge on any atom is 0.269 e. The zero-order chi connectivity index (χ0) is 16.9. The van der Waals surface area contributed by atoms with Crippen molar-refractivity contribution in [1.29, 1.82) is 0 Å². The highest BCUT2D eigenvalue weighted by Crippen LogP contribution is 2.44. The number of hydrogen-bond donors (Lipinski definition) is 0. The number of benzene rings is 2. The number of para-hydroxylation sites is 1. The summed E-state index contributed by atoms with van der Waals surface area (Å²) in [5, 5.41) is 11.7. The maximum absolute atomic E-state index is 10.6. The molecule has 0 saturated carbocycles. The van der Waals surface area contributed by atoms with E-state index >= 15 is 0 Å². The molecule has 3 rings (SSSR count). The van der Waals surface area contributed by atoms with Gasteiger partial charge in [-0.05, 0) is 36.4 Å². The molecule has 6 heteroatoms. The second-order valence-corrected chi connectivity index (χ2v) is 6.13. The Morgan fingerprint density at radius 3 is 2.58 bits per heavy atom. The van der Waals surface area contributed by atoms with E-state index in [2.05, 4.69) is 22.0 Å². The summed E-state index contributed by atoms with van der Waals surface area (Å²) in [4.78, 5) is 17.8. The molecule has 0 aromatic heterocycles. The molecule has 0 atom stereocenters. The average Bonchev–Trinajstić information content (AvgIpc) is 2.91. The van der Waals surface area contributed by atoms with Gasteiger partial charge in [-0.2, -0.15) is 0 Å². The van der Waals surface area contributed by atoms with Crippen LogP contribution in [0, 0.1) is 10.1 Å². The minimum atomic E-state index is -0.423. The summed E-state index contributed by atoms with van der Waals surface area (Å²) < 4.78 is 0. The zero-order valence-corrected chi connectivity index (χ0v) is 13.8. The van der Waals surface area contributed by atoms with E-state index in [9.17, 15) is 10.1 Å². The Balaban J connectivity index is 1.62. The smallest absolute Gasteiger partial charge is 0.269 e. The topological polar surface area (TPSA) is 58.7 Å². The van der Waals surface area contributed by atoms with Gasteiger partial charge < -0.3 is 4.90 Å². The highest BCUT2D eigenvalue weighted by Gasteiger charge is 2.20. The first-order chi connectivity index (χ1) is 11.6. The van der Waals surface area contributed by atoms with Crippen molar-refractivity contribution in [3.8, 4) is 0 Å². The Labute approximate surface area is 144 Å². The monoisotopic (exact) mass is 337 g/mol. The summed E-state index contributed by atoms with van der Waals surface area (Å²) in [6.07, 6.45) is 7.48. The van der Waals surface area contributed by atoms with Crippen LogP contribution < -0.4 is 4.90 Å². The molecule has 0 N–H and O–H groups in total. The fourth-order valence-electron chi connectivity index (χ4n) is 2.24. The van der Waals surface area contributed by atoms with Crippen molar-refractivity contribution in [2.24, 2.45) is 4.99 Å². The van der Waals surface area contributed by atoms with E-state index in [4.69, 9.17) is 0 Å². The number of non-ortho nitro benzene ring substituents is 1. The van der Waals surface area contributed by atoms with E-state index in [1.807, 2.05) is 37.4 Å². The van der Waals surface area contributed by atoms with Crippen molar-refractivity contribution in [2.45, 2.75) is 4.90 Å². The van der Waals surface area contributed by atoms with Crippen molar-refractivity contribution >= 4 is 35.0 Å². The lowest BCUT2D eigenvalue weighted by atomic mass is 10.3. The van der Waals surface area contributed by atoms with Gasteiger partial charge in [-0.3, -0.25) is 15.1 Å². The molecule has 1 aliphatic heterocycles. The van der Waals surface area contributed by atoms with Crippen molar-refractivity contribution in [2.75, 3.05) is 11.9 Å². The highest BCUT2D eigenvalue weighted by molar-refractivity contribution is 8.03. The third kappa shape index (κ3) is 3.55. The molecule has 0 unspecified atom stereocenters. The van der Waals surface area contributed by atoms with Crippen LogP contribution in [0.25, 0.3) is 0 Å². The molecule has 0 amide bonds. The molecule has 1 heterocycles. The van der Waals surface area contributed by atoms with Gasteiger partial charge >= 0.3 is 0 Å². The summed E-state index contributed by atoms with van der Waals surface area (Å²) in [6.45, 7) is 0. The summed E-state index contributed by atoms with van der Waals surface area (Å²) in [5.74, 6) is 0. The molecule has 0 saturated heterocycles. The first-order valence-electron chi connectivity index (χ1n) is 7.31. The molecular formula is C18H15N3O2S. The fraction of sp³-hybridized carbons (Fsp3) is 0.0556. The molecule has 0 aliphatic carbocycles. The summed E-state index contributed by atoms with van der Waals surface area (Å²) >= 11 is 1.73. The Hall–Kier alpha value is -2.86. The second kappa shape index (κ2) is 7.14. The lowest BCUT2D eigenvalue weighted by Gasteiger charge is -2.12. The Bertz CT molecular complexity index is 842. The van der Waals surface area contributed by atoms with Gasteiger partial charge in [0.05, 0.1) is 21.3 Å². The molecule has 0 fully saturated rings. The molecule has 0 bridgehead atoms. The molecule has 2 aromatic rings. The van der Waals surface area contributed by atoms with Gasteiger partial charge in [0.1, 0.15) is 0 Å². The van der Waals surface area contributed by atoms with E-state index in [1.54, 1.807) is 30.1 Å². The predicted molar refractivity (Wildman–Crippen MR) is 99.2 cm³/mol. The number of allylic oxidation sites excluding steroid dienone is 3. The molecule has 0 radical (unpaired) electrons. The molecule has 5 nitrogen and oxygen atoms in total. The minimum Gasteiger partial charge on any atom is -0.338 e. The van der Waals surface area contributed by atoms with Crippen LogP contribution >= 0.6 is 11.8 Å². The molecule has 0 spiro atoms. The van der Waals surface area contributed by atoms with Crippen LogP contribution in [-0.4, -0.2) is 18.2 Å². The van der Waals surface area contributed by atoms with E-state index < -0.39 is 4.92 Å². The van der Waals surface area contributed by atoms with Gasteiger partial charge in [-0.25, -0.2) is 0 Å². The van der Waals surface area contributed by atoms with Gasteiger partial charge in [-0.15, -0.1) is 0 Å². The number of nitro groups is 1. The number of anilines is 1. The van der Waals surface area contributed by atoms with Crippen LogP contribution in [0.2, 0.25) is 0 Å². The highest BCUT2D eigenvalue weighted by atomic mass is 32.2. The number of rotatable bonds is 4. The van der Waals surface area contributed by atoms with Crippen LogP contribution in [0.3, 0.4) is 0 Å². The van der Waals surface area contributed by atoms with E-state index in [1.165, 1.54) is 22.7 Å². The Morgan fingerprint density at radius 2 is 1.88 bits per heavy atom. The van der Waals surface area contributed by atoms with E-state index in [0.29, 0.717) is 5.69 Å². The van der Waals surface area contributed by atoms with E-state index in [-0.39, 0.29) is 5.69 Å². The van der Waals surface area contributed by atoms with Crippen molar-refractivity contribution < 1.29 is 4.92 Å². The number of nitro benzene ring substituents is 1. The number of aliphatic imine (C=N–C) groups is 1. The van der Waals surface area contributed by atoms with Crippen molar-refractivity contribution in [1.82, 2.24) is 0 Å². The second-order valence-electron chi connectivity index (χ2n) is 5.07. The SMILES string of the molecule is CN1/C(=C\C=C\C=Nc2ccc([N+](=O)[O-])cc2)Sc2ccccc21. The van der Waals surface area contributed by atoms with E-state index in [0.717, 1.165) is 5.03 Å². The van der Waals surface area contributed by atoms with Gasteiger partial charge in [0.25, 0.3) is 5.69 Å². The number of hydrogen-bond acceptors (Lipinski definition) is 5. The van der Waals surface area contributed by atoms with Crippen LogP contribution in [0.1, 0.15) is 0 Å². The molecule has 24 heavy (non-hydrogen) atoms. The number of nitrogens with zero attached hydrogens (tertiary/aromatic N) is 3. The van der Waals surface area contributed by atoms with Crippen LogP contribution in [0.15, 0.2) is 81.7 Å². The molecule has 120 valence electrons. The lowest BCUT2D eigenvalue weighted by Crippen LogP contribution is -2.08. The summed E-state index contributed by atoms with van der Waals surface area (Å²) in [6, 6.07) is 14.4. The molecule has 1 aliphatic rings. The quantitative estimate of drug-likeness (QED) is 0.450. The third-order valence-electron chi connectivity index (χ3n) is 3.49. The first kappa shape index (κ1) is 16.0. The molecule has 2 aromatic carbocycles. The van der Waals surface area contributed by atoms with Crippen molar-refractivity contribution in [3.05, 3.63) is 81.9 Å². The van der Waals surface area contributed by atoms with Gasteiger partial charge in [-0.1, -0.05) is 30.0 Å². The van der Waals surface area contributed by atoms with Crippen LogP contribution in [-0.2, 0) is 0 Å². The van der Waals surface area contributed by atoms with Crippen molar-refractivity contribution in [3.63, 3.8) is 0 Å². The fourth-order valence-corrected chi connectivity index (χ4v) is 3.31. The van der Waals surface area contributed by atoms with Crippen LogP contribution in [0.4, 0.5) is 17.1 Å². The minimum absolute atomic E-state index is 0.0649. The van der Waals surface area contributed by atoms with Gasteiger partial charge in [0, 0.05) is 30.3 Å². The average molecular weight is 337 g/mol. The summed E-state index contributed by atoms with van der Waals surface area (Å²) in [5.41, 5.74) is 1.95. The van der Waals surface area contributed by atoms with Gasteiger partial charge in [0.15, 0.2) is 0 Å². The Morgan fingerprint density at radius 1 is 1.12 bits per heavy atom. The number of thioether (sulfide) groups is 1. The summed E-state index contributed by atoms with van der Waals surface area (Å²) in [7, 11) is 2.05. The standard InChI is InChI=1S/C18H15N3O2S/c1-20-16-6-2-3-7-17(16)24-18(20)8-4-5-13-19-14-9-11-15(12-10-14)21(22)23/h2-13H,1H3/b5-4+,18-8+,19-13?. The largest absolute Gasteiger partial charge is 0.338 e. The first-order valence-corrected chi connectivity index (χ1v) is 8.13. The molecular weight excluding hydrogens is 322 g/mol. The van der Waals surface area contributed by atoms with Crippen LogP contribution in [0.5, 0.6) is 0 Å². The predicted octanol–water partition coefficient (Wildman–Crippen LogP) is 4.94. The van der Waals surface area contributed by atoms with Gasteiger partial charge in [0.2, 0.25) is 0 Å².